The van der Waals surface area contributed by atoms with Crippen LogP contribution in [0.4, 0.5) is 0 Å². The molecule has 5 heteroatoms. The van der Waals surface area contributed by atoms with E-state index < -0.39 is 0 Å². The molecule has 0 aliphatic rings. The fourth-order valence-corrected chi connectivity index (χ4v) is 1.92. The lowest BCUT2D eigenvalue weighted by Crippen LogP contribution is -1.98. The van der Waals surface area contributed by atoms with Crippen LogP contribution in [0.2, 0.25) is 0 Å². The van der Waals surface area contributed by atoms with Crippen LogP contribution in [0.5, 0.6) is 0 Å². The van der Waals surface area contributed by atoms with Crippen LogP contribution in [0.1, 0.15) is 11.3 Å². The Morgan fingerprint density at radius 1 is 1.28 bits per heavy atom. The molecule has 0 saturated heterocycles. The molecule has 0 bridgehead atoms. The van der Waals surface area contributed by atoms with E-state index in [0.29, 0.717) is 5.69 Å². The van der Waals surface area contributed by atoms with Gasteiger partial charge in [-0.2, -0.15) is 10.4 Å². The summed E-state index contributed by atoms with van der Waals surface area (Å²) in [5.41, 5.74) is 4.01. The number of fused-ring (bicyclic) bond motifs is 1. The molecule has 0 atom stereocenters. The number of aromatic nitrogens is 4. The van der Waals surface area contributed by atoms with Gasteiger partial charge in [0.25, 0.3) is 0 Å². The van der Waals surface area contributed by atoms with Crippen LogP contribution in [-0.4, -0.2) is 19.6 Å². The molecule has 0 radical (unpaired) electrons. The van der Waals surface area contributed by atoms with Crippen LogP contribution >= 0.6 is 0 Å². The normalized spacial score (nSPS) is 10.4. The van der Waals surface area contributed by atoms with Crippen molar-refractivity contribution >= 4 is 5.65 Å². The summed E-state index contributed by atoms with van der Waals surface area (Å²) in [5.74, 6) is 0. The topological polar surface area (TPSA) is 66.9 Å². The van der Waals surface area contributed by atoms with Crippen molar-refractivity contribution in [1.82, 2.24) is 19.6 Å². The van der Waals surface area contributed by atoms with Crippen molar-refractivity contribution in [2.75, 3.05) is 0 Å². The molecule has 0 saturated carbocycles. The predicted molar refractivity (Wildman–Crippen MR) is 65.7 cm³/mol. The summed E-state index contributed by atoms with van der Waals surface area (Å²) >= 11 is 0. The molecule has 5 nitrogen and oxygen atoms in total. The van der Waals surface area contributed by atoms with Crippen LogP contribution < -0.4 is 0 Å². The predicted octanol–water partition coefficient (Wildman–Crippen LogP) is 1.97. The van der Waals surface area contributed by atoms with E-state index in [9.17, 15) is 0 Å². The molecular weight excluding hydrogens is 226 g/mol. The van der Waals surface area contributed by atoms with Crippen LogP contribution in [0.25, 0.3) is 16.8 Å². The van der Waals surface area contributed by atoms with Gasteiger partial charge in [-0.1, -0.05) is 0 Å². The van der Waals surface area contributed by atoms with Crippen molar-refractivity contribution in [1.29, 1.82) is 5.26 Å². The van der Waals surface area contributed by atoms with Crippen molar-refractivity contribution in [3.05, 3.63) is 48.2 Å². The number of pyridine rings is 1. The molecule has 0 N–H and O–H groups in total. The van der Waals surface area contributed by atoms with Crippen molar-refractivity contribution < 1.29 is 0 Å². The van der Waals surface area contributed by atoms with Gasteiger partial charge in [-0.3, -0.25) is 4.98 Å². The van der Waals surface area contributed by atoms with Crippen molar-refractivity contribution in [2.24, 2.45) is 0 Å². The number of hydrogen-bond donors (Lipinski definition) is 0. The molecule has 0 unspecified atom stereocenters. The molecule has 3 heterocycles. The Morgan fingerprint density at radius 2 is 2.17 bits per heavy atom. The minimum absolute atomic E-state index is 0.360. The summed E-state index contributed by atoms with van der Waals surface area (Å²) < 4.78 is 1.61. The van der Waals surface area contributed by atoms with E-state index >= 15 is 0 Å². The third kappa shape index (κ3) is 1.52. The second-order valence-electron chi connectivity index (χ2n) is 3.94. The van der Waals surface area contributed by atoms with Crippen LogP contribution in [0.3, 0.4) is 0 Å². The highest BCUT2D eigenvalue weighted by Gasteiger charge is 2.11. The number of rotatable bonds is 1. The number of hydrogen-bond acceptors (Lipinski definition) is 4. The highest BCUT2D eigenvalue weighted by atomic mass is 15.2. The van der Waals surface area contributed by atoms with Gasteiger partial charge < -0.3 is 0 Å². The molecule has 86 valence electrons. The summed E-state index contributed by atoms with van der Waals surface area (Å²) in [4.78, 5) is 8.40. The zero-order valence-electron chi connectivity index (χ0n) is 9.70. The molecule has 3 aromatic rings. The maximum absolute atomic E-state index is 9.01. The smallest absolute Gasteiger partial charge is 0.162 e. The number of imidazole rings is 1. The Hall–Kier alpha value is -2.74. The minimum atomic E-state index is 0.360. The Balaban J connectivity index is 2.38. The first-order valence-electron chi connectivity index (χ1n) is 5.45. The summed E-state index contributed by atoms with van der Waals surface area (Å²) in [6, 6.07) is 5.73. The molecule has 18 heavy (non-hydrogen) atoms. The number of nitriles is 1. The lowest BCUT2D eigenvalue weighted by molar-refractivity contribution is 0.922. The van der Waals surface area contributed by atoms with E-state index in [-0.39, 0.29) is 0 Å². The monoisotopic (exact) mass is 235 g/mol. The quantitative estimate of drug-likeness (QED) is 0.646. The molecular formula is C13H9N5. The number of aryl methyl sites for hydroxylation is 1. The van der Waals surface area contributed by atoms with Gasteiger partial charge in [-0.25, -0.2) is 9.50 Å². The highest BCUT2D eigenvalue weighted by molar-refractivity contribution is 5.79. The van der Waals surface area contributed by atoms with Gasteiger partial charge in [0, 0.05) is 35.9 Å². The lowest BCUT2D eigenvalue weighted by atomic mass is 10.0. The van der Waals surface area contributed by atoms with E-state index in [0.717, 1.165) is 22.3 Å². The fraction of sp³-hybridized carbons (Fsp3) is 0.0769. The molecule has 3 rings (SSSR count). The SMILES string of the molecule is Cc1ccncc1-c1cc(C#N)nn2ccnc12. The third-order valence-corrected chi connectivity index (χ3v) is 2.80. The second kappa shape index (κ2) is 3.93. The first kappa shape index (κ1) is 10.4. The fourth-order valence-electron chi connectivity index (χ4n) is 1.92. The Morgan fingerprint density at radius 3 is 2.94 bits per heavy atom. The van der Waals surface area contributed by atoms with Gasteiger partial charge >= 0.3 is 0 Å². The molecule has 0 fully saturated rings. The van der Waals surface area contributed by atoms with Gasteiger partial charge in [0.1, 0.15) is 6.07 Å². The average Bonchev–Trinajstić information content (AvgIpc) is 2.86. The van der Waals surface area contributed by atoms with E-state index in [1.165, 1.54) is 0 Å². The van der Waals surface area contributed by atoms with E-state index in [2.05, 4.69) is 21.1 Å². The lowest BCUT2D eigenvalue weighted by Gasteiger charge is -2.06. The van der Waals surface area contributed by atoms with E-state index in [4.69, 9.17) is 5.26 Å². The van der Waals surface area contributed by atoms with E-state index in [1.807, 2.05) is 13.0 Å². The number of nitrogens with zero attached hydrogens (tertiary/aromatic N) is 5. The van der Waals surface area contributed by atoms with Gasteiger partial charge in [0.05, 0.1) is 0 Å². The van der Waals surface area contributed by atoms with E-state index in [1.54, 1.807) is 35.4 Å². The molecule has 0 aliphatic heterocycles. The molecule has 0 aliphatic carbocycles. The van der Waals surface area contributed by atoms with Crippen molar-refractivity contribution in [2.45, 2.75) is 6.92 Å². The molecule has 3 aromatic heterocycles. The maximum Gasteiger partial charge on any atom is 0.162 e. The summed E-state index contributed by atoms with van der Waals surface area (Å²) in [5, 5.41) is 13.2. The molecule has 0 spiro atoms. The largest absolute Gasteiger partial charge is 0.264 e. The first-order chi connectivity index (χ1) is 8.79. The standard InChI is InChI=1S/C13H9N5/c1-9-2-3-15-8-12(9)11-6-10(7-14)17-18-5-4-16-13(11)18/h2-6,8H,1H3. The molecule has 0 amide bonds. The Labute approximate surface area is 103 Å². The first-order valence-corrected chi connectivity index (χ1v) is 5.45. The second-order valence-corrected chi connectivity index (χ2v) is 3.94. The van der Waals surface area contributed by atoms with Gasteiger partial charge in [-0.15, -0.1) is 0 Å². The average molecular weight is 235 g/mol. The van der Waals surface area contributed by atoms with Crippen molar-refractivity contribution in [3.63, 3.8) is 0 Å². The maximum atomic E-state index is 9.01. The molecule has 0 aromatic carbocycles. The summed E-state index contributed by atoms with van der Waals surface area (Å²) in [6.07, 6.45) is 6.92. The zero-order valence-corrected chi connectivity index (χ0v) is 9.70. The van der Waals surface area contributed by atoms with Gasteiger partial charge in [0.2, 0.25) is 0 Å². The minimum Gasteiger partial charge on any atom is -0.264 e. The summed E-state index contributed by atoms with van der Waals surface area (Å²) in [7, 11) is 0. The summed E-state index contributed by atoms with van der Waals surface area (Å²) in [6.45, 7) is 2.00. The van der Waals surface area contributed by atoms with Crippen LogP contribution in [0.15, 0.2) is 36.9 Å². The van der Waals surface area contributed by atoms with Crippen molar-refractivity contribution in [3.8, 4) is 17.2 Å². The highest BCUT2D eigenvalue weighted by Crippen LogP contribution is 2.25. The van der Waals surface area contributed by atoms with Gasteiger partial charge in [0.15, 0.2) is 11.3 Å². The van der Waals surface area contributed by atoms with Gasteiger partial charge in [-0.05, 0) is 24.6 Å². The Kier molecular flexibility index (Phi) is 2.27. The Bertz CT molecular complexity index is 766. The third-order valence-electron chi connectivity index (χ3n) is 2.80. The van der Waals surface area contributed by atoms with Crippen LogP contribution in [-0.2, 0) is 0 Å². The van der Waals surface area contributed by atoms with Crippen LogP contribution in [0, 0.1) is 18.3 Å². The zero-order chi connectivity index (χ0) is 12.5.